The maximum atomic E-state index is 12.6. The van der Waals surface area contributed by atoms with Crippen LogP contribution in [0.4, 0.5) is 0 Å². The molecule has 0 spiro atoms. The first kappa shape index (κ1) is 12.9. The van der Waals surface area contributed by atoms with Crippen molar-refractivity contribution in [3.8, 4) is 0 Å². The van der Waals surface area contributed by atoms with Gasteiger partial charge in [-0.2, -0.15) is 0 Å². The second-order valence-electron chi connectivity index (χ2n) is 6.00. The molecule has 0 radical (unpaired) electrons. The van der Waals surface area contributed by atoms with E-state index < -0.39 is 0 Å². The Labute approximate surface area is 115 Å². The highest BCUT2D eigenvalue weighted by Gasteiger charge is 2.21. The molecule has 1 aromatic rings. The van der Waals surface area contributed by atoms with Gasteiger partial charge in [-0.05, 0) is 30.0 Å². The molecule has 1 heterocycles. The van der Waals surface area contributed by atoms with E-state index in [1.807, 2.05) is 12.1 Å². The van der Waals surface area contributed by atoms with Gasteiger partial charge in [-0.1, -0.05) is 50.3 Å². The summed E-state index contributed by atoms with van der Waals surface area (Å²) >= 11 is 0. The highest BCUT2D eigenvalue weighted by atomic mass is 16.1. The van der Waals surface area contributed by atoms with Crippen LogP contribution in [-0.4, -0.2) is 12.3 Å². The van der Waals surface area contributed by atoms with Gasteiger partial charge in [0.25, 0.3) is 0 Å². The minimum absolute atomic E-state index is 0.380. The van der Waals surface area contributed by atoms with Crippen molar-refractivity contribution in [1.29, 1.82) is 0 Å². The van der Waals surface area contributed by atoms with E-state index in [9.17, 15) is 4.79 Å². The fourth-order valence-electron chi connectivity index (χ4n) is 3.56. The summed E-state index contributed by atoms with van der Waals surface area (Å²) in [6.45, 7) is 1.92. The lowest BCUT2D eigenvalue weighted by Crippen LogP contribution is -2.25. The van der Waals surface area contributed by atoms with E-state index in [-0.39, 0.29) is 0 Å². The third kappa shape index (κ3) is 2.89. The lowest BCUT2D eigenvalue weighted by molar-refractivity contribution is 0.0949. The summed E-state index contributed by atoms with van der Waals surface area (Å²) in [5, 5.41) is 3.38. The number of benzene rings is 1. The van der Waals surface area contributed by atoms with Crippen LogP contribution in [0.2, 0.25) is 0 Å². The lowest BCUT2D eigenvalue weighted by Gasteiger charge is -2.23. The third-order valence-corrected chi connectivity index (χ3v) is 4.64. The molecule has 2 aliphatic rings. The monoisotopic (exact) mass is 257 g/mol. The predicted molar refractivity (Wildman–Crippen MR) is 77.4 cm³/mol. The van der Waals surface area contributed by atoms with Crippen LogP contribution < -0.4 is 5.32 Å². The SMILES string of the molecule is O=C(CC1CCCCC1)c1cccc2c1CCNC2. The molecule has 3 rings (SSSR count). The third-order valence-electron chi connectivity index (χ3n) is 4.64. The zero-order valence-electron chi connectivity index (χ0n) is 11.6. The molecule has 2 heteroatoms. The second kappa shape index (κ2) is 5.87. The number of Topliss-reactive ketones (excluding diaryl/α,β-unsaturated/α-hetero) is 1. The van der Waals surface area contributed by atoms with Gasteiger partial charge in [0.05, 0.1) is 0 Å². The summed E-state index contributed by atoms with van der Waals surface area (Å²) in [6.07, 6.45) is 8.26. The summed E-state index contributed by atoms with van der Waals surface area (Å²) in [4.78, 5) is 12.6. The van der Waals surface area contributed by atoms with E-state index in [4.69, 9.17) is 0 Å². The van der Waals surface area contributed by atoms with Gasteiger partial charge in [0.1, 0.15) is 0 Å². The Balaban J connectivity index is 1.75. The number of nitrogens with one attached hydrogen (secondary N) is 1. The molecule has 1 saturated carbocycles. The van der Waals surface area contributed by atoms with Crippen molar-refractivity contribution in [2.24, 2.45) is 5.92 Å². The fraction of sp³-hybridized carbons (Fsp3) is 0.588. The molecule has 0 bridgehead atoms. The second-order valence-corrected chi connectivity index (χ2v) is 6.00. The Kier molecular flexibility index (Phi) is 3.97. The topological polar surface area (TPSA) is 29.1 Å². The van der Waals surface area contributed by atoms with Gasteiger partial charge in [0, 0.05) is 18.5 Å². The first-order valence-corrected chi connectivity index (χ1v) is 7.69. The molecule has 0 unspecified atom stereocenters. The molecular weight excluding hydrogens is 234 g/mol. The maximum absolute atomic E-state index is 12.6. The van der Waals surface area contributed by atoms with Crippen molar-refractivity contribution in [2.45, 2.75) is 51.5 Å². The number of ketones is 1. The van der Waals surface area contributed by atoms with E-state index >= 15 is 0 Å². The minimum Gasteiger partial charge on any atom is -0.312 e. The summed E-state index contributed by atoms with van der Waals surface area (Å²) < 4.78 is 0. The Morgan fingerprint density at radius 2 is 2.05 bits per heavy atom. The van der Waals surface area contributed by atoms with Gasteiger partial charge in [-0.3, -0.25) is 4.79 Å². The zero-order valence-corrected chi connectivity index (χ0v) is 11.6. The van der Waals surface area contributed by atoms with Gasteiger partial charge in [0.15, 0.2) is 5.78 Å². The summed E-state index contributed by atoms with van der Waals surface area (Å²) in [5.74, 6) is 1.02. The number of hydrogen-bond acceptors (Lipinski definition) is 2. The Morgan fingerprint density at radius 3 is 2.89 bits per heavy atom. The number of fused-ring (bicyclic) bond motifs is 1. The van der Waals surface area contributed by atoms with Crippen molar-refractivity contribution >= 4 is 5.78 Å². The molecule has 1 aromatic carbocycles. The van der Waals surface area contributed by atoms with Gasteiger partial charge < -0.3 is 5.32 Å². The maximum Gasteiger partial charge on any atom is 0.163 e. The number of hydrogen-bond donors (Lipinski definition) is 1. The lowest BCUT2D eigenvalue weighted by atomic mass is 9.83. The molecule has 0 atom stereocenters. The van der Waals surface area contributed by atoms with Crippen LogP contribution in [0.15, 0.2) is 18.2 Å². The van der Waals surface area contributed by atoms with Gasteiger partial charge in [-0.15, -0.1) is 0 Å². The predicted octanol–water partition coefficient (Wildman–Crippen LogP) is 3.49. The highest BCUT2D eigenvalue weighted by molar-refractivity contribution is 5.98. The number of carbonyl (C=O) groups is 1. The van der Waals surface area contributed by atoms with Crippen molar-refractivity contribution < 1.29 is 4.79 Å². The number of rotatable bonds is 3. The van der Waals surface area contributed by atoms with Crippen LogP contribution in [0.5, 0.6) is 0 Å². The molecule has 19 heavy (non-hydrogen) atoms. The highest BCUT2D eigenvalue weighted by Crippen LogP contribution is 2.29. The van der Waals surface area contributed by atoms with E-state index in [1.54, 1.807) is 0 Å². The van der Waals surface area contributed by atoms with Gasteiger partial charge in [-0.25, -0.2) is 0 Å². The molecule has 2 nitrogen and oxygen atoms in total. The van der Waals surface area contributed by atoms with Crippen LogP contribution >= 0.6 is 0 Å². The standard InChI is InChI=1S/C17H23NO/c19-17(11-13-5-2-1-3-6-13)16-8-4-7-14-12-18-10-9-15(14)16/h4,7-8,13,18H,1-3,5-6,9-12H2. The summed E-state index contributed by atoms with van der Waals surface area (Å²) in [5.41, 5.74) is 3.63. The summed E-state index contributed by atoms with van der Waals surface area (Å²) in [6, 6.07) is 6.23. The van der Waals surface area contributed by atoms with Crippen LogP contribution in [0.25, 0.3) is 0 Å². The molecule has 0 saturated heterocycles. The molecule has 1 aliphatic carbocycles. The van der Waals surface area contributed by atoms with Gasteiger partial charge in [0.2, 0.25) is 0 Å². The fourth-order valence-corrected chi connectivity index (χ4v) is 3.56. The van der Waals surface area contributed by atoms with E-state index in [0.29, 0.717) is 11.7 Å². The minimum atomic E-state index is 0.380. The normalized spacial score (nSPS) is 20.0. The van der Waals surface area contributed by atoms with Crippen molar-refractivity contribution in [1.82, 2.24) is 5.32 Å². The molecule has 1 N–H and O–H groups in total. The van der Waals surface area contributed by atoms with Crippen molar-refractivity contribution in [2.75, 3.05) is 6.54 Å². The van der Waals surface area contributed by atoms with E-state index in [0.717, 1.165) is 31.5 Å². The van der Waals surface area contributed by atoms with E-state index in [1.165, 1.54) is 43.2 Å². The first-order chi connectivity index (χ1) is 9.34. The molecule has 1 aliphatic heterocycles. The Bertz CT molecular complexity index is 460. The molecular formula is C17H23NO. The molecule has 0 amide bonds. The number of carbonyl (C=O) groups excluding carboxylic acids is 1. The Hall–Kier alpha value is -1.15. The van der Waals surface area contributed by atoms with Gasteiger partial charge >= 0.3 is 0 Å². The average molecular weight is 257 g/mol. The van der Waals surface area contributed by atoms with Crippen molar-refractivity contribution in [3.63, 3.8) is 0 Å². The smallest absolute Gasteiger partial charge is 0.163 e. The van der Waals surface area contributed by atoms with Crippen LogP contribution in [0.1, 0.15) is 60.0 Å². The molecule has 1 fully saturated rings. The van der Waals surface area contributed by atoms with E-state index in [2.05, 4.69) is 11.4 Å². The quantitative estimate of drug-likeness (QED) is 0.840. The Morgan fingerprint density at radius 1 is 1.21 bits per heavy atom. The largest absolute Gasteiger partial charge is 0.312 e. The zero-order chi connectivity index (χ0) is 13.1. The first-order valence-electron chi connectivity index (χ1n) is 7.69. The van der Waals surface area contributed by atoms with Crippen molar-refractivity contribution in [3.05, 3.63) is 34.9 Å². The summed E-state index contributed by atoms with van der Waals surface area (Å²) in [7, 11) is 0. The van der Waals surface area contributed by atoms with Crippen LogP contribution in [0, 0.1) is 5.92 Å². The van der Waals surface area contributed by atoms with Crippen LogP contribution in [-0.2, 0) is 13.0 Å². The molecule has 102 valence electrons. The van der Waals surface area contributed by atoms with Crippen LogP contribution in [0.3, 0.4) is 0 Å². The average Bonchev–Trinajstić information content (AvgIpc) is 2.47. The molecule has 0 aromatic heterocycles.